The average Bonchev–Trinajstić information content (AvgIpc) is 3.03. The van der Waals surface area contributed by atoms with Gasteiger partial charge >= 0.3 is 12.1 Å². The van der Waals surface area contributed by atoms with Gasteiger partial charge in [0.1, 0.15) is 11.6 Å². The summed E-state index contributed by atoms with van der Waals surface area (Å²) in [6.45, 7) is 7.82. The van der Waals surface area contributed by atoms with Crippen molar-refractivity contribution in [2.75, 3.05) is 0 Å². The average molecular weight is 409 g/mol. The van der Waals surface area contributed by atoms with E-state index in [9.17, 15) is 14.7 Å². The van der Waals surface area contributed by atoms with E-state index in [0.717, 1.165) is 27.6 Å². The molecule has 0 saturated carbocycles. The molecule has 1 atom stereocenters. The third kappa shape index (κ3) is 5.37. The lowest BCUT2D eigenvalue weighted by Crippen LogP contribution is -2.44. The van der Waals surface area contributed by atoms with Crippen LogP contribution in [0, 0.1) is 6.92 Å². The van der Waals surface area contributed by atoms with E-state index in [4.69, 9.17) is 4.74 Å². The minimum Gasteiger partial charge on any atom is -0.480 e. The molecule has 7 nitrogen and oxygen atoms in total. The molecule has 0 bridgehead atoms. The number of alkyl carbamates (subject to hydrolysis) is 1. The maximum atomic E-state index is 12.0. The molecule has 3 rings (SSSR count). The molecule has 1 amide bonds. The Balaban J connectivity index is 1.80. The standard InChI is InChI=1S/C23H27N3O4/c1-15-10-17(12-19(21(27)28)25-22(29)30-23(2,3)4)11-18-13-24-26(20(15)18)14-16-8-6-5-7-9-16/h5-11,13,19H,12,14H2,1-4H3,(H,25,29)(H,27,28). The van der Waals surface area contributed by atoms with Gasteiger partial charge in [-0.2, -0.15) is 5.10 Å². The molecule has 0 fully saturated rings. The first-order valence-electron chi connectivity index (χ1n) is 9.83. The maximum Gasteiger partial charge on any atom is 0.408 e. The number of aromatic nitrogens is 2. The predicted molar refractivity (Wildman–Crippen MR) is 115 cm³/mol. The number of benzene rings is 2. The van der Waals surface area contributed by atoms with E-state index in [2.05, 4.69) is 22.5 Å². The quantitative estimate of drug-likeness (QED) is 0.644. The molecule has 1 heterocycles. The van der Waals surface area contributed by atoms with Crippen molar-refractivity contribution in [2.45, 2.75) is 52.3 Å². The van der Waals surface area contributed by atoms with E-state index in [-0.39, 0.29) is 6.42 Å². The van der Waals surface area contributed by atoms with Gasteiger partial charge in [0.15, 0.2) is 0 Å². The van der Waals surface area contributed by atoms with Crippen LogP contribution in [0.25, 0.3) is 10.9 Å². The van der Waals surface area contributed by atoms with Gasteiger partial charge in [0.2, 0.25) is 0 Å². The summed E-state index contributed by atoms with van der Waals surface area (Å²) < 4.78 is 7.13. The Morgan fingerprint density at radius 1 is 1.17 bits per heavy atom. The number of nitrogens with zero attached hydrogens (tertiary/aromatic N) is 2. The number of hydrogen-bond donors (Lipinski definition) is 2. The Morgan fingerprint density at radius 2 is 1.87 bits per heavy atom. The van der Waals surface area contributed by atoms with Crippen molar-refractivity contribution in [1.82, 2.24) is 15.1 Å². The predicted octanol–water partition coefficient (Wildman–Crippen LogP) is 3.91. The first kappa shape index (κ1) is 21.4. The number of amides is 1. The zero-order chi connectivity index (χ0) is 21.9. The molecule has 1 aromatic heterocycles. The number of nitrogens with one attached hydrogen (secondary N) is 1. The Morgan fingerprint density at radius 3 is 2.50 bits per heavy atom. The van der Waals surface area contributed by atoms with Gasteiger partial charge in [-0.3, -0.25) is 4.68 Å². The number of fused-ring (bicyclic) bond motifs is 1. The van der Waals surface area contributed by atoms with Crippen molar-refractivity contribution < 1.29 is 19.4 Å². The molecule has 0 aliphatic rings. The van der Waals surface area contributed by atoms with Crippen molar-refractivity contribution in [3.8, 4) is 0 Å². The zero-order valence-corrected chi connectivity index (χ0v) is 17.7. The van der Waals surface area contributed by atoms with Crippen LogP contribution in [-0.2, 0) is 22.5 Å². The third-order valence-electron chi connectivity index (χ3n) is 4.59. The van der Waals surface area contributed by atoms with Crippen LogP contribution in [0.2, 0.25) is 0 Å². The van der Waals surface area contributed by atoms with Crippen molar-refractivity contribution >= 4 is 23.0 Å². The van der Waals surface area contributed by atoms with Gasteiger partial charge < -0.3 is 15.2 Å². The molecule has 1 unspecified atom stereocenters. The molecule has 0 aliphatic carbocycles. The maximum absolute atomic E-state index is 12.0. The number of carbonyl (C=O) groups is 2. The van der Waals surface area contributed by atoms with Crippen LogP contribution in [0.5, 0.6) is 0 Å². The molecule has 7 heteroatoms. The van der Waals surface area contributed by atoms with E-state index in [0.29, 0.717) is 6.54 Å². The van der Waals surface area contributed by atoms with Crippen molar-refractivity contribution in [2.24, 2.45) is 0 Å². The Kier molecular flexibility index (Phi) is 6.10. The third-order valence-corrected chi connectivity index (χ3v) is 4.59. The molecule has 158 valence electrons. The van der Waals surface area contributed by atoms with Crippen LogP contribution in [0.4, 0.5) is 4.79 Å². The molecule has 30 heavy (non-hydrogen) atoms. The van der Waals surface area contributed by atoms with Gasteiger partial charge in [0, 0.05) is 11.8 Å². The minimum atomic E-state index is -1.11. The van der Waals surface area contributed by atoms with Crippen LogP contribution in [0.1, 0.15) is 37.5 Å². The molecule has 3 aromatic rings. The Hall–Kier alpha value is -3.35. The van der Waals surface area contributed by atoms with E-state index in [1.807, 2.05) is 41.9 Å². The van der Waals surface area contributed by atoms with Gasteiger partial charge in [0.05, 0.1) is 18.3 Å². The molecule has 0 aliphatic heterocycles. The van der Waals surface area contributed by atoms with Crippen LogP contribution in [0.15, 0.2) is 48.7 Å². The number of rotatable bonds is 6. The summed E-state index contributed by atoms with van der Waals surface area (Å²) in [4.78, 5) is 23.7. The van der Waals surface area contributed by atoms with Crippen molar-refractivity contribution in [1.29, 1.82) is 0 Å². The monoisotopic (exact) mass is 409 g/mol. The van der Waals surface area contributed by atoms with E-state index < -0.39 is 23.7 Å². The second-order valence-electron chi connectivity index (χ2n) is 8.38. The molecule has 2 N–H and O–H groups in total. The highest BCUT2D eigenvalue weighted by molar-refractivity contribution is 5.84. The number of carboxylic acids is 1. The fraction of sp³-hybridized carbons (Fsp3) is 0.348. The SMILES string of the molecule is Cc1cc(CC(NC(=O)OC(C)(C)C)C(=O)O)cc2cnn(Cc3ccccc3)c12. The van der Waals surface area contributed by atoms with Crippen molar-refractivity contribution in [3.63, 3.8) is 0 Å². The van der Waals surface area contributed by atoms with Crippen LogP contribution >= 0.6 is 0 Å². The smallest absolute Gasteiger partial charge is 0.408 e. The molecule has 0 saturated heterocycles. The summed E-state index contributed by atoms with van der Waals surface area (Å²) in [6, 6.07) is 12.9. The largest absolute Gasteiger partial charge is 0.480 e. The summed E-state index contributed by atoms with van der Waals surface area (Å²) in [5.41, 5.74) is 3.27. The Labute approximate surface area is 175 Å². The molecule has 2 aromatic carbocycles. The molecular weight excluding hydrogens is 382 g/mol. The fourth-order valence-corrected chi connectivity index (χ4v) is 3.40. The van der Waals surface area contributed by atoms with Crippen molar-refractivity contribution in [3.05, 3.63) is 65.4 Å². The minimum absolute atomic E-state index is 0.148. The first-order chi connectivity index (χ1) is 14.1. The fourth-order valence-electron chi connectivity index (χ4n) is 3.40. The molecule has 0 radical (unpaired) electrons. The highest BCUT2D eigenvalue weighted by atomic mass is 16.6. The number of ether oxygens (including phenoxy) is 1. The lowest BCUT2D eigenvalue weighted by atomic mass is 10.0. The normalized spacial score (nSPS) is 12.5. The molecule has 0 spiro atoms. The van der Waals surface area contributed by atoms with E-state index >= 15 is 0 Å². The number of aliphatic carboxylic acids is 1. The summed E-state index contributed by atoms with van der Waals surface area (Å²) in [5, 5.41) is 17.4. The lowest BCUT2D eigenvalue weighted by molar-refractivity contribution is -0.139. The topological polar surface area (TPSA) is 93.4 Å². The van der Waals surface area contributed by atoms with Gasteiger partial charge in [0.25, 0.3) is 0 Å². The van der Waals surface area contributed by atoms with Crippen LogP contribution in [0.3, 0.4) is 0 Å². The zero-order valence-electron chi connectivity index (χ0n) is 17.7. The lowest BCUT2D eigenvalue weighted by Gasteiger charge is -2.22. The summed E-state index contributed by atoms with van der Waals surface area (Å²) in [5.74, 6) is -1.11. The number of aryl methyl sites for hydroxylation is 1. The number of hydrogen-bond acceptors (Lipinski definition) is 4. The first-order valence-corrected chi connectivity index (χ1v) is 9.83. The number of carbonyl (C=O) groups excluding carboxylic acids is 1. The van der Waals surface area contributed by atoms with Crippen LogP contribution in [-0.4, -0.2) is 38.6 Å². The van der Waals surface area contributed by atoms with E-state index in [1.54, 1.807) is 27.0 Å². The van der Waals surface area contributed by atoms with Crippen LogP contribution < -0.4 is 5.32 Å². The summed E-state index contributed by atoms with van der Waals surface area (Å²) >= 11 is 0. The highest BCUT2D eigenvalue weighted by Gasteiger charge is 2.24. The number of carboxylic acid groups (broad SMARTS) is 1. The molecular formula is C23H27N3O4. The van der Waals surface area contributed by atoms with Gasteiger partial charge in [-0.1, -0.05) is 36.4 Å². The highest BCUT2D eigenvalue weighted by Crippen LogP contribution is 2.22. The van der Waals surface area contributed by atoms with Gasteiger partial charge in [-0.25, -0.2) is 9.59 Å². The second kappa shape index (κ2) is 8.57. The Bertz CT molecular complexity index is 1050. The summed E-state index contributed by atoms with van der Waals surface area (Å²) in [7, 11) is 0. The second-order valence-corrected chi connectivity index (χ2v) is 8.38. The summed E-state index contributed by atoms with van der Waals surface area (Å²) in [6.07, 6.45) is 1.18. The van der Waals surface area contributed by atoms with Gasteiger partial charge in [-0.15, -0.1) is 0 Å². The van der Waals surface area contributed by atoms with E-state index in [1.165, 1.54) is 0 Å². The van der Waals surface area contributed by atoms with Gasteiger partial charge in [-0.05, 0) is 50.5 Å².